The molecule has 2 heterocycles. The number of ether oxygens (including phenoxy) is 1. The van der Waals surface area contributed by atoms with E-state index in [1.807, 2.05) is 24.3 Å². The van der Waals surface area contributed by atoms with Crippen molar-refractivity contribution in [2.24, 2.45) is 5.92 Å². The van der Waals surface area contributed by atoms with E-state index in [1.165, 1.54) is 24.8 Å². The highest BCUT2D eigenvalue weighted by molar-refractivity contribution is 5.99. The first-order valence-corrected chi connectivity index (χ1v) is 9.33. The van der Waals surface area contributed by atoms with E-state index in [9.17, 15) is 4.79 Å². The summed E-state index contributed by atoms with van der Waals surface area (Å²) in [5.74, 6) is 1.74. The number of ketones is 1. The van der Waals surface area contributed by atoms with Crippen molar-refractivity contribution in [1.29, 1.82) is 0 Å². The molecule has 0 amide bonds. The first-order valence-electron chi connectivity index (χ1n) is 9.33. The summed E-state index contributed by atoms with van der Waals surface area (Å²) in [6, 6.07) is 18.4. The number of benzene rings is 2. The lowest BCUT2D eigenvalue weighted by molar-refractivity contribution is 0.0702. The molecule has 4 heteroatoms. The molecule has 0 bridgehead atoms. The monoisotopic (exact) mass is 371 g/mol. The van der Waals surface area contributed by atoms with Gasteiger partial charge in [0.1, 0.15) is 11.9 Å². The number of likely N-dealkylation sites (tertiary alicyclic amines) is 1. The number of nitrogens with zero attached hydrogens (tertiary/aromatic N) is 1. The molecule has 2 aliphatic heterocycles. The first kappa shape index (κ1) is 18.9. The molecule has 1 fully saturated rings. The van der Waals surface area contributed by atoms with Crippen LogP contribution in [0.4, 0.5) is 0 Å². The van der Waals surface area contributed by atoms with Gasteiger partial charge in [-0.15, -0.1) is 12.4 Å². The molecule has 1 unspecified atom stereocenters. The SMILES string of the molecule is Cl.O=C1CC(CN2CCC(Cc3ccccc3)CC2)Oc2ccccc21. The van der Waals surface area contributed by atoms with Crippen molar-refractivity contribution in [2.45, 2.75) is 31.8 Å². The quantitative estimate of drug-likeness (QED) is 0.797. The highest BCUT2D eigenvalue weighted by Gasteiger charge is 2.29. The molecule has 2 aromatic carbocycles. The van der Waals surface area contributed by atoms with Gasteiger partial charge in [0.25, 0.3) is 0 Å². The maximum absolute atomic E-state index is 12.3. The van der Waals surface area contributed by atoms with Crippen LogP contribution in [-0.2, 0) is 6.42 Å². The van der Waals surface area contributed by atoms with Crippen molar-refractivity contribution < 1.29 is 9.53 Å². The normalized spacial score (nSPS) is 20.8. The number of halogens is 1. The number of para-hydroxylation sites is 1. The molecule has 2 aliphatic rings. The number of Topliss-reactive ketones (excluding diaryl/α,β-unsaturated/α-hetero) is 1. The Bertz CT molecular complexity index is 726. The van der Waals surface area contributed by atoms with Gasteiger partial charge < -0.3 is 4.74 Å². The molecule has 3 nitrogen and oxygen atoms in total. The molecule has 0 saturated carbocycles. The fraction of sp³-hybridized carbons (Fsp3) is 0.409. The van der Waals surface area contributed by atoms with Crippen LogP contribution in [-0.4, -0.2) is 36.4 Å². The lowest BCUT2D eigenvalue weighted by atomic mass is 9.90. The Kier molecular flexibility index (Phi) is 6.33. The van der Waals surface area contributed by atoms with E-state index in [4.69, 9.17) is 4.74 Å². The summed E-state index contributed by atoms with van der Waals surface area (Å²) in [6.07, 6.45) is 4.13. The van der Waals surface area contributed by atoms with Crippen molar-refractivity contribution in [2.75, 3.05) is 19.6 Å². The van der Waals surface area contributed by atoms with Gasteiger partial charge in [0.15, 0.2) is 5.78 Å². The third-order valence-electron chi connectivity index (χ3n) is 5.43. The lowest BCUT2D eigenvalue weighted by Crippen LogP contribution is -2.43. The summed E-state index contributed by atoms with van der Waals surface area (Å²) < 4.78 is 6.07. The highest BCUT2D eigenvalue weighted by Crippen LogP contribution is 2.28. The second-order valence-electron chi connectivity index (χ2n) is 7.30. The maximum Gasteiger partial charge on any atom is 0.170 e. The third-order valence-corrected chi connectivity index (χ3v) is 5.43. The zero-order valence-corrected chi connectivity index (χ0v) is 15.8. The van der Waals surface area contributed by atoms with Crippen LogP contribution in [0, 0.1) is 5.92 Å². The molecule has 0 N–H and O–H groups in total. The van der Waals surface area contributed by atoms with E-state index in [2.05, 4.69) is 35.2 Å². The molecule has 1 saturated heterocycles. The summed E-state index contributed by atoms with van der Waals surface area (Å²) in [5, 5.41) is 0. The van der Waals surface area contributed by atoms with Crippen LogP contribution in [0.1, 0.15) is 35.2 Å². The summed E-state index contributed by atoms with van der Waals surface area (Å²) >= 11 is 0. The van der Waals surface area contributed by atoms with E-state index in [1.54, 1.807) is 0 Å². The smallest absolute Gasteiger partial charge is 0.170 e. The number of carbonyl (C=O) groups excluding carboxylic acids is 1. The van der Waals surface area contributed by atoms with E-state index in [-0.39, 0.29) is 24.3 Å². The number of piperidine rings is 1. The van der Waals surface area contributed by atoms with Crippen molar-refractivity contribution in [3.8, 4) is 5.75 Å². The fourth-order valence-electron chi connectivity index (χ4n) is 4.05. The lowest BCUT2D eigenvalue weighted by Gasteiger charge is -2.35. The van der Waals surface area contributed by atoms with E-state index in [0.29, 0.717) is 6.42 Å². The predicted octanol–water partition coefficient (Wildman–Crippen LogP) is 4.40. The van der Waals surface area contributed by atoms with Gasteiger partial charge in [-0.25, -0.2) is 0 Å². The standard InChI is InChI=1S/C22H25NO2.ClH/c24-21-15-19(25-22-9-5-4-8-20(21)22)16-23-12-10-18(11-13-23)14-17-6-2-1-3-7-17;/h1-9,18-19H,10-16H2;1H. The van der Waals surface area contributed by atoms with Crippen molar-refractivity contribution in [3.05, 3.63) is 65.7 Å². The van der Waals surface area contributed by atoms with Crippen LogP contribution < -0.4 is 4.74 Å². The van der Waals surface area contributed by atoms with Gasteiger partial charge in [0.2, 0.25) is 0 Å². The molecule has 138 valence electrons. The molecule has 0 aliphatic carbocycles. The minimum Gasteiger partial charge on any atom is -0.488 e. The molecule has 1 atom stereocenters. The van der Waals surface area contributed by atoms with Crippen LogP contribution in [0.3, 0.4) is 0 Å². The summed E-state index contributed by atoms with van der Waals surface area (Å²) in [7, 11) is 0. The van der Waals surface area contributed by atoms with Crippen LogP contribution in [0.5, 0.6) is 5.75 Å². The third kappa shape index (κ3) is 4.46. The maximum atomic E-state index is 12.3. The fourth-order valence-corrected chi connectivity index (χ4v) is 4.05. The van der Waals surface area contributed by atoms with Gasteiger partial charge >= 0.3 is 0 Å². The number of hydrogen-bond acceptors (Lipinski definition) is 3. The molecular formula is C22H26ClNO2. The largest absolute Gasteiger partial charge is 0.488 e. The van der Waals surface area contributed by atoms with Crippen molar-refractivity contribution >= 4 is 18.2 Å². The first-order chi connectivity index (χ1) is 12.3. The van der Waals surface area contributed by atoms with Gasteiger partial charge in [0.05, 0.1) is 5.56 Å². The molecule has 26 heavy (non-hydrogen) atoms. The van der Waals surface area contributed by atoms with E-state index < -0.39 is 0 Å². The van der Waals surface area contributed by atoms with Gasteiger partial charge in [-0.3, -0.25) is 9.69 Å². The predicted molar refractivity (Wildman–Crippen MR) is 106 cm³/mol. The Morgan fingerprint density at radius 2 is 1.65 bits per heavy atom. The van der Waals surface area contributed by atoms with Gasteiger partial charge in [0, 0.05) is 13.0 Å². The Hall–Kier alpha value is -1.84. The van der Waals surface area contributed by atoms with Crippen molar-refractivity contribution in [1.82, 2.24) is 4.90 Å². The number of rotatable bonds is 4. The van der Waals surface area contributed by atoms with E-state index >= 15 is 0 Å². The minimum absolute atomic E-state index is 0. The van der Waals surface area contributed by atoms with Crippen LogP contribution in [0.15, 0.2) is 54.6 Å². The summed E-state index contributed by atoms with van der Waals surface area (Å²) in [6.45, 7) is 3.07. The average Bonchev–Trinajstić information content (AvgIpc) is 2.64. The van der Waals surface area contributed by atoms with Crippen LogP contribution in [0.2, 0.25) is 0 Å². The molecule has 0 aromatic heterocycles. The van der Waals surface area contributed by atoms with Gasteiger partial charge in [-0.1, -0.05) is 42.5 Å². The Labute approximate surface area is 161 Å². The second kappa shape index (κ2) is 8.70. The van der Waals surface area contributed by atoms with Crippen LogP contribution >= 0.6 is 12.4 Å². The number of hydrogen-bond donors (Lipinski definition) is 0. The molecule has 0 spiro atoms. The number of carbonyl (C=O) groups is 1. The van der Waals surface area contributed by atoms with Gasteiger partial charge in [-0.2, -0.15) is 0 Å². The minimum atomic E-state index is -0.00641. The summed E-state index contributed by atoms with van der Waals surface area (Å²) in [5.41, 5.74) is 2.18. The second-order valence-corrected chi connectivity index (χ2v) is 7.30. The zero-order chi connectivity index (χ0) is 17.1. The van der Waals surface area contributed by atoms with Crippen molar-refractivity contribution in [3.63, 3.8) is 0 Å². The summed E-state index contributed by atoms with van der Waals surface area (Å²) in [4.78, 5) is 14.8. The molecule has 0 radical (unpaired) electrons. The van der Waals surface area contributed by atoms with Gasteiger partial charge in [-0.05, 0) is 56.0 Å². The Morgan fingerprint density at radius 3 is 2.42 bits per heavy atom. The Balaban J connectivity index is 0.00000196. The topological polar surface area (TPSA) is 29.5 Å². The van der Waals surface area contributed by atoms with E-state index in [0.717, 1.165) is 36.9 Å². The Morgan fingerprint density at radius 1 is 0.962 bits per heavy atom. The zero-order valence-electron chi connectivity index (χ0n) is 15.0. The molecular weight excluding hydrogens is 346 g/mol. The molecule has 2 aromatic rings. The molecule has 4 rings (SSSR count). The van der Waals surface area contributed by atoms with Crippen LogP contribution in [0.25, 0.3) is 0 Å². The average molecular weight is 372 g/mol. The highest BCUT2D eigenvalue weighted by atomic mass is 35.5. The number of fused-ring (bicyclic) bond motifs is 1.